The zero-order valence-corrected chi connectivity index (χ0v) is 16.2. The number of carbonyl (C=O) groups excluding carboxylic acids is 1. The fraction of sp³-hybridized carbons (Fsp3) is 0.500. The minimum absolute atomic E-state index is 0.00995. The standard InChI is InChI=1S/C15H23NO2.C5H7NO2/c1-9(2)12-7-6-8-13(10(3)4)14(12)16-11(5)15(17)18;1-2-3-8-5(7)4-6/h6-11,16H,1-5H3,(H,17,18);1H,3-4,6H2/t11-;/m0./s1. The van der Waals surface area contributed by atoms with E-state index in [0.29, 0.717) is 11.8 Å². The highest BCUT2D eigenvalue weighted by molar-refractivity contribution is 5.78. The Morgan fingerprint density at radius 3 is 2.04 bits per heavy atom. The Labute approximate surface area is 156 Å². The summed E-state index contributed by atoms with van der Waals surface area (Å²) in [6.45, 7) is 10.1. The lowest BCUT2D eigenvalue weighted by atomic mass is 9.92. The molecule has 0 saturated carbocycles. The molecule has 1 atom stereocenters. The first kappa shape index (κ1) is 23.5. The second-order valence-corrected chi connectivity index (χ2v) is 6.39. The van der Waals surface area contributed by atoms with Gasteiger partial charge in [0.2, 0.25) is 0 Å². The quantitative estimate of drug-likeness (QED) is 0.509. The van der Waals surface area contributed by atoms with Gasteiger partial charge in [-0.15, -0.1) is 6.42 Å². The lowest BCUT2D eigenvalue weighted by Gasteiger charge is -2.22. The van der Waals surface area contributed by atoms with Gasteiger partial charge in [-0.05, 0) is 29.9 Å². The smallest absolute Gasteiger partial charge is 0.325 e. The van der Waals surface area contributed by atoms with Crippen molar-refractivity contribution in [3.05, 3.63) is 29.3 Å². The van der Waals surface area contributed by atoms with Gasteiger partial charge in [0.1, 0.15) is 6.04 Å². The summed E-state index contributed by atoms with van der Waals surface area (Å²) in [7, 11) is 0. The fourth-order valence-electron chi connectivity index (χ4n) is 2.18. The van der Waals surface area contributed by atoms with Crippen LogP contribution in [0.5, 0.6) is 0 Å². The van der Waals surface area contributed by atoms with Crippen molar-refractivity contribution >= 4 is 17.6 Å². The largest absolute Gasteiger partial charge is 0.480 e. The molecule has 0 unspecified atom stereocenters. The second kappa shape index (κ2) is 11.9. The highest BCUT2D eigenvalue weighted by Gasteiger charge is 2.18. The molecule has 26 heavy (non-hydrogen) atoms. The molecule has 1 aromatic carbocycles. The molecule has 6 heteroatoms. The molecule has 0 bridgehead atoms. The second-order valence-electron chi connectivity index (χ2n) is 6.39. The van der Waals surface area contributed by atoms with Gasteiger partial charge in [0.05, 0.1) is 6.54 Å². The van der Waals surface area contributed by atoms with Crippen LogP contribution in [0.1, 0.15) is 57.6 Å². The van der Waals surface area contributed by atoms with Gasteiger partial charge < -0.3 is 20.9 Å². The molecule has 4 N–H and O–H groups in total. The highest BCUT2D eigenvalue weighted by Crippen LogP contribution is 2.32. The Balaban J connectivity index is 0.000000660. The fourth-order valence-corrected chi connectivity index (χ4v) is 2.18. The first-order valence-electron chi connectivity index (χ1n) is 8.56. The van der Waals surface area contributed by atoms with Crippen molar-refractivity contribution in [3.63, 3.8) is 0 Å². The van der Waals surface area contributed by atoms with Crippen molar-refractivity contribution < 1.29 is 19.4 Å². The van der Waals surface area contributed by atoms with E-state index in [9.17, 15) is 9.59 Å². The molecule has 0 aliphatic heterocycles. The van der Waals surface area contributed by atoms with Crippen LogP contribution < -0.4 is 11.1 Å². The number of terminal acetylenes is 1. The van der Waals surface area contributed by atoms with Crippen LogP contribution in [-0.2, 0) is 14.3 Å². The molecule has 0 saturated heterocycles. The van der Waals surface area contributed by atoms with E-state index in [4.69, 9.17) is 17.3 Å². The molecule has 0 aromatic heterocycles. The first-order valence-corrected chi connectivity index (χ1v) is 8.56. The minimum Gasteiger partial charge on any atom is -0.480 e. The number of carboxylic acids is 1. The summed E-state index contributed by atoms with van der Waals surface area (Å²) in [5.41, 5.74) is 8.20. The third-order valence-electron chi connectivity index (χ3n) is 3.59. The molecule has 0 fully saturated rings. The average Bonchev–Trinajstić information content (AvgIpc) is 2.59. The first-order chi connectivity index (χ1) is 12.1. The van der Waals surface area contributed by atoms with Gasteiger partial charge in [-0.1, -0.05) is 51.8 Å². The van der Waals surface area contributed by atoms with Gasteiger partial charge in [0, 0.05) is 5.69 Å². The summed E-state index contributed by atoms with van der Waals surface area (Å²) in [5, 5.41) is 12.2. The molecule has 1 aromatic rings. The van der Waals surface area contributed by atoms with Crippen molar-refractivity contribution in [2.75, 3.05) is 18.5 Å². The van der Waals surface area contributed by atoms with Crippen LogP contribution in [0.15, 0.2) is 18.2 Å². The lowest BCUT2D eigenvalue weighted by Crippen LogP contribution is -2.27. The van der Waals surface area contributed by atoms with Crippen molar-refractivity contribution in [1.82, 2.24) is 0 Å². The molecular weight excluding hydrogens is 332 g/mol. The van der Waals surface area contributed by atoms with Gasteiger partial charge in [-0.2, -0.15) is 0 Å². The van der Waals surface area contributed by atoms with Gasteiger partial charge in [0.15, 0.2) is 6.61 Å². The molecule has 144 valence electrons. The Hall–Kier alpha value is -2.52. The van der Waals surface area contributed by atoms with Crippen molar-refractivity contribution in [3.8, 4) is 12.3 Å². The average molecular weight is 362 g/mol. The number of carbonyl (C=O) groups is 2. The monoisotopic (exact) mass is 362 g/mol. The predicted octanol–water partition coefficient (Wildman–Crippen LogP) is 2.94. The van der Waals surface area contributed by atoms with Gasteiger partial charge in [-0.3, -0.25) is 9.59 Å². The third-order valence-corrected chi connectivity index (χ3v) is 3.59. The molecule has 0 radical (unpaired) electrons. The molecule has 6 nitrogen and oxygen atoms in total. The van der Waals surface area contributed by atoms with Crippen LogP contribution in [0, 0.1) is 12.3 Å². The van der Waals surface area contributed by atoms with Crippen LogP contribution >= 0.6 is 0 Å². The van der Waals surface area contributed by atoms with E-state index in [0.717, 1.165) is 5.69 Å². The SMILES string of the molecule is C#CCOC(=O)CN.CC(C)c1cccc(C(C)C)c1N[C@@H](C)C(=O)O. The van der Waals surface area contributed by atoms with Gasteiger partial charge in [0.25, 0.3) is 0 Å². The van der Waals surface area contributed by atoms with Gasteiger partial charge >= 0.3 is 11.9 Å². The van der Waals surface area contributed by atoms with E-state index < -0.39 is 18.0 Å². The number of para-hydroxylation sites is 1. The minimum atomic E-state index is -0.830. The van der Waals surface area contributed by atoms with Crippen molar-refractivity contribution in [2.45, 2.75) is 52.5 Å². The molecule has 1 rings (SSSR count). The van der Waals surface area contributed by atoms with Crippen LogP contribution in [-0.4, -0.2) is 36.2 Å². The number of hydrogen-bond acceptors (Lipinski definition) is 5. The number of nitrogens with one attached hydrogen (secondary N) is 1. The number of ether oxygens (including phenoxy) is 1. The summed E-state index contributed by atoms with van der Waals surface area (Å²) in [6, 6.07) is 5.59. The van der Waals surface area contributed by atoms with Crippen LogP contribution in [0.4, 0.5) is 5.69 Å². The van der Waals surface area contributed by atoms with Crippen molar-refractivity contribution in [2.24, 2.45) is 5.73 Å². The summed E-state index contributed by atoms with van der Waals surface area (Å²) < 4.78 is 4.34. The maximum Gasteiger partial charge on any atom is 0.325 e. The van der Waals surface area contributed by atoms with E-state index in [1.165, 1.54) is 11.1 Å². The number of hydrogen-bond donors (Lipinski definition) is 3. The normalized spacial score (nSPS) is 11.2. The topological polar surface area (TPSA) is 102 Å². The van der Waals surface area contributed by atoms with Crippen LogP contribution in [0.2, 0.25) is 0 Å². The van der Waals surface area contributed by atoms with E-state index in [1.54, 1.807) is 6.92 Å². The number of carboxylic acid groups (broad SMARTS) is 1. The highest BCUT2D eigenvalue weighted by atomic mass is 16.5. The Bertz CT molecular complexity index is 607. The summed E-state index contributed by atoms with van der Waals surface area (Å²) >= 11 is 0. The summed E-state index contributed by atoms with van der Waals surface area (Å²) in [6.07, 6.45) is 4.76. The zero-order valence-electron chi connectivity index (χ0n) is 16.2. The zero-order chi connectivity index (χ0) is 20.3. The van der Waals surface area contributed by atoms with Crippen LogP contribution in [0.25, 0.3) is 0 Å². The number of esters is 1. The Kier molecular flexibility index (Phi) is 10.8. The van der Waals surface area contributed by atoms with Gasteiger partial charge in [-0.25, -0.2) is 0 Å². The molecule has 0 heterocycles. The van der Waals surface area contributed by atoms with E-state index >= 15 is 0 Å². The Morgan fingerprint density at radius 2 is 1.69 bits per heavy atom. The number of aliphatic carboxylic acids is 1. The molecule has 0 aliphatic rings. The van der Waals surface area contributed by atoms with Crippen LogP contribution in [0.3, 0.4) is 0 Å². The van der Waals surface area contributed by atoms with E-state index in [2.05, 4.69) is 55.8 Å². The number of rotatable bonds is 7. The molecule has 0 amide bonds. The third kappa shape index (κ3) is 8.04. The number of benzene rings is 1. The number of anilines is 1. The van der Waals surface area contributed by atoms with E-state index in [1.807, 2.05) is 6.07 Å². The lowest BCUT2D eigenvalue weighted by molar-refractivity contribution is -0.140. The molecular formula is C20H30N2O4. The van der Waals surface area contributed by atoms with E-state index in [-0.39, 0.29) is 13.2 Å². The number of nitrogens with two attached hydrogens (primary N) is 1. The van der Waals surface area contributed by atoms with Crippen molar-refractivity contribution in [1.29, 1.82) is 0 Å². The predicted molar refractivity (Wildman–Crippen MR) is 104 cm³/mol. The molecule has 0 aliphatic carbocycles. The Morgan fingerprint density at radius 1 is 1.19 bits per heavy atom. The maximum atomic E-state index is 11.0. The molecule has 0 spiro atoms. The summed E-state index contributed by atoms with van der Waals surface area (Å²) in [5.74, 6) is 1.57. The summed E-state index contributed by atoms with van der Waals surface area (Å²) in [4.78, 5) is 21.1. The maximum absolute atomic E-state index is 11.0.